The molecule has 0 saturated carbocycles. The van der Waals surface area contributed by atoms with Crippen LogP contribution >= 0.6 is 0 Å². The molecule has 0 bridgehead atoms. The summed E-state index contributed by atoms with van der Waals surface area (Å²) in [7, 11) is 0. The second-order valence-corrected chi connectivity index (χ2v) is 9.44. The molecule has 0 N–H and O–H groups in total. The first kappa shape index (κ1) is 20.7. The summed E-state index contributed by atoms with van der Waals surface area (Å²) in [5.41, 5.74) is 11.0. The van der Waals surface area contributed by atoms with Crippen LogP contribution in [0.3, 0.4) is 0 Å². The van der Waals surface area contributed by atoms with Gasteiger partial charge in [-0.2, -0.15) is 0 Å². The molecule has 172 valence electrons. The maximum atomic E-state index is 6.23. The zero-order valence-corrected chi connectivity index (χ0v) is 20.2. The number of oxazole rings is 1. The molecule has 2 aromatic heterocycles. The van der Waals surface area contributed by atoms with E-state index in [0.29, 0.717) is 5.89 Å². The second-order valence-electron chi connectivity index (χ2n) is 9.44. The lowest BCUT2D eigenvalue weighted by molar-refractivity contribution is 0.620. The summed E-state index contributed by atoms with van der Waals surface area (Å²) in [6.45, 7) is 4.27. The minimum Gasteiger partial charge on any atom is -0.436 e. The Kier molecular flexibility index (Phi) is 4.58. The van der Waals surface area contributed by atoms with Crippen molar-refractivity contribution < 1.29 is 4.42 Å². The highest BCUT2D eigenvalue weighted by molar-refractivity contribution is 6.09. The lowest BCUT2D eigenvalue weighted by Gasteiger charge is -2.08. The molecule has 0 saturated heterocycles. The molecule has 0 spiro atoms. The predicted molar refractivity (Wildman–Crippen MR) is 149 cm³/mol. The van der Waals surface area contributed by atoms with Gasteiger partial charge in [0.25, 0.3) is 0 Å². The van der Waals surface area contributed by atoms with Gasteiger partial charge in [-0.1, -0.05) is 66.2 Å². The van der Waals surface area contributed by atoms with Crippen LogP contribution in [-0.2, 0) is 0 Å². The van der Waals surface area contributed by atoms with E-state index in [-0.39, 0.29) is 0 Å². The highest BCUT2D eigenvalue weighted by Crippen LogP contribution is 2.34. The summed E-state index contributed by atoms with van der Waals surface area (Å²) in [6.07, 6.45) is 0. The zero-order chi connectivity index (χ0) is 24.2. The van der Waals surface area contributed by atoms with E-state index in [9.17, 15) is 0 Å². The Hall–Kier alpha value is -4.63. The molecule has 0 fully saturated rings. The van der Waals surface area contributed by atoms with Gasteiger partial charge < -0.3 is 8.98 Å². The lowest BCUT2D eigenvalue weighted by atomic mass is 9.99. The van der Waals surface area contributed by atoms with Crippen LogP contribution < -0.4 is 0 Å². The Bertz CT molecular complexity index is 1850. The molecule has 7 rings (SSSR count). The van der Waals surface area contributed by atoms with E-state index in [0.717, 1.165) is 27.9 Å². The van der Waals surface area contributed by atoms with Crippen molar-refractivity contribution in [2.24, 2.45) is 0 Å². The number of nitrogens with zero attached hydrogens (tertiary/aromatic N) is 2. The summed E-state index contributed by atoms with van der Waals surface area (Å²) >= 11 is 0. The fraction of sp³-hybridized carbons (Fsp3) is 0.0606. The van der Waals surface area contributed by atoms with Gasteiger partial charge >= 0.3 is 0 Å². The number of hydrogen-bond acceptors (Lipinski definition) is 2. The summed E-state index contributed by atoms with van der Waals surface area (Å²) in [4.78, 5) is 4.77. The summed E-state index contributed by atoms with van der Waals surface area (Å²) in [5, 5.41) is 2.52. The molecule has 2 heterocycles. The molecule has 3 heteroatoms. The number of benzene rings is 5. The predicted octanol–water partition coefficient (Wildman–Crippen LogP) is 8.88. The smallest absolute Gasteiger partial charge is 0.227 e. The van der Waals surface area contributed by atoms with Crippen molar-refractivity contribution in [1.29, 1.82) is 0 Å². The molecule has 0 atom stereocenters. The number of para-hydroxylation sites is 2. The van der Waals surface area contributed by atoms with Gasteiger partial charge in [-0.15, -0.1) is 0 Å². The van der Waals surface area contributed by atoms with Crippen molar-refractivity contribution in [2.45, 2.75) is 13.8 Å². The Morgan fingerprint density at radius 3 is 2.00 bits per heavy atom. The summed E-state index contributed by atoms with van der Waals surface area (Å²) in [6, 6.07) is 38.4. The standard InChI is InChI=1S/C33H24N2O/c1-21-11-17-26(22(2)19-21)24-14-18-29-32(20-24)36-33(34-29)23-12-15-25(16-13-23)35-30-9-5-3-7-27(30)28-8-4-6-10-31(28)35/h3-20H,1-2H3. The first-order valence-electron chi connectivity index (χ1n) is 12.2. The van der Waals surface area contributed by atoms with Crippen LogP contribution in [0.4, 0.5) is 0 Å². The van der Waals surface area contributed by atoms with Gasteiger partial charge in [-0.25, -0.2) is 4.98 Å². The third-order valence-electron chi connectivity index (χ3n) is 7.03. The van der Waals surface area contributed by atoms with Crippen LogP contribution in [0.25, 0.3) is 61.2 Å². The number of aromatic nitrogens is 2. The molecule has 0 unspecified atom stereocenters. The van der Waals surface area contributed by atoms with E-state index in [4.69, 9.17) is 9.40 Å². The third kappa shape index (κ3) is 3.24. The fourth-order valence-corrected chi connectivity index (χ4v) is 5.31. The van der Waals surface area contributed by atoms with E-state index in [2.05, 4.69) is 122 Å². The van der Waals surface area contributed by atoms with E-state index in [1.165, 1.54) is 38.5 Å². The van der Waals surface area contributed by atoms with Crippen molar-refractivity contribution in [1.82, 2.24) is 9.55 Å². The van der Waals surface area contributed by atoms with Crippen LogP contribution in [0.1, 0.15) is 11.1 Å². The van der Waals surface area contributed by atoms with E-state index in [1.807, 2.05) is 6.07 Å². The van der Waals surface area contributed by atoms with Crippen molar-refractivity contribution in [3.05, 3.63) is 120 Å². The van der Waals surface area contributed by atoms with Gasteiger partial charge in [-0.05, 0) is 79.1 Å². The van der Waals surface area contributed by atoms with Gasteiger partial charge in [0.2, 0.25) is 5.89 Å². The molecular formula is C33H24N2O. The van der Waals surface area contributed by atoms with Crippen molar-refractivity contribution in [3.8, 4) is 28.3 Å². The molecular weight excluding hydrogens is 440 g/mol. The Balaban J connectivity index is 1.29. The molecule has 36 heavy (non-hydrogen) atoms. The van der Waals surface area contributed by atoms with E-state index in [1.54, 1.807) is 0 Å². The highest BCUT2D eigenvalue weighted by atomic mass is 16.3. The average Bonchev–Trinajstić information content (AvgIpc) is 3.48. The molecule has 0 aliphatic heterocycles. The Morgan fingerprint density at radius 1 is 0.639 bits per heavy atom. The quantitative estimate of drug-likeness (QED) is 0.261. The van der Waals surface area contributed by atoms with Gasteiger partial charge in [0.1, 0.15) is 5.52 Å². The van der Waals surface area contributed by atoms with Crippen LogP contribution in [0.5, 0.6) is 0 Å². The van der Waals surface area contributed by atoms with Crippen LogP contribution in [0.15, 0.2) is 114 Å². The van der Waals surface area contributed by atoms with Gasteiger partial charge in [-0.3, -0.25) is 0 Å². The van der Waals surface area contributed by atoms with Gasteiger partial charge in [0.15, 0.2) is 5.58 Å². The topological polar surface area (TPSA) is 31.0 Å². The molecule has 0 amide bonds. The van der Waals surface area contributed by atoms with E-state index >= 15 is 0 Å². The normalized spacial score (nSPS) is 11.6. The average molecular weight is 465 g/mol. The number of aryl methyl sites for hydroxylation is 2. The summed E-state index contributed by atoms with van der Waals surface area (Å²) < 4.78 is 8.55. The molecule has 7 aromatic rings. The first-order valence-corrected chi connectivity index (χ1v) is 12.2. The maximum absolute atomic E-state index is 6.23. The monoisotopic (exact) mass is 464 g/mol. The van der Waals surface area contributed by atoms with Crippen LogP contribution in [0.2, 0.25) is 0 Å². The second kappa shape index (κ2) is 7.96. The molecule has 0 aliphatic carbocycles. The van der Waals surface area contributed by atoms with Gasteiger partial charge in [0, 0.05) is 22.0 Å². The number of rotatable bonds is 3. The molecule has 3 nitrogen and oxygen atoms in total. The number of fused-ring (bicyclic) bond motifs is 4. The lowest BCUT2D eigenvalue weighted by Crippen LogP contribution is -1.93. The maximum Gasteiger partial charge on any atom is 0.227 e. The van der Waals surface area contributed by atoms with Crippen LogP contribution in [0, 0.1) is 13.8 Å². The fourth-order valence-electron chi connectivity index (χ4n) is 5.31. The van der Waals surface area contributed by atoms with Crippen molar-refractivity contribution in [3.63, 3.8) is 0 Å². The van der Waals surface area contributed by atoms with Gasteiger partial charge in [0.05, 0.1) is 11.0 Å². The van der Waals surface area contributed by atoms with Crippen LogP contribution in [-0.4, -0.2) is 9.55 Å². The highest BCUT2D eigenvalue weighted by Gasteiger charge is 2.14. The first-order chi connectivity index (χ1) is 17.7. The van der Waals surface area contributed by atoms with Crippen molar-refractivity contribution >= 4 is 32.9 Å². The van der Waals surface area contributed by atoms with E-state index < -0.39 is 0 Å². The van der Waals surface area contributed by atoms with Crippen molar-refractivity contribution in [2.75, 3.05) is 0 Å². The Morgan fingerprint density at radius 2 is 1.31 bits per heavy atom. The number of hydrogen-bond donors (Lipinski definition) is 0. The zero-order valence-electron chi connectivity index (χ0n) is 20.2. The Labute approximate surface area is 209 Å². The molecule has 5 aromatic carbocycles. The SMILES string of the molecule is Cc1ccc(-c2ccc3nc(-c4ccc(-n5c6ccccc6c6ccccc65)cc4)oc3c2)c(C)c1. The summed E-state index contributed by atoms with van der Waals surface area (Å²) in [5.74, 6) is 0.636. The third-order valence-corrected chi connectivity index (χ3v) is 7.03. The minimum absolute atomic E-state index is 0.636. The molecule has 0 radical (unpaired) electrons. The largest absolute Gasteiger partial charge is 0.436 e. The minimum atomic E-state index is 0.636. The molecule has 0 aliphatic rings.